The summed E-state index contributed by atoms with van der Waals surface area (Å²) in [5.74, 6) is -1.94. The predicted octanol–water partition coefficient (Wildman–Crippen LogP) is 3.01. The third-order valence-corrected chi connectivity index (χ3v) is 9.68. The number of aliphatic hydroxyl groups is 1. The Kier molecular flexibility index (Phi) is 9.11. The van der Waals surface area contributed by atoms with Crippen molar-refractivity contribution in [3.8, 4) is 5.75 Å². The predicted molar refractivity (Wildman–Crippen MR) is 156 cm³/mol. The van der Waals surface area contributed by atoms with Gasteiger partial charge in [-0.05, 0) is 36.6 Å². The molecular weight excluding hydrogens is 578 g/mol. The van der Waals surface area contributed by atoms with Crippen LogP contribution in [0.2, 0.25) is 0 Å². The number of likely N-dealkylation sites (tertiary alicyclic amines) is 1. The molecule has 1 aromatic carbocycles. The van der Waals surface area contributed by atoms with Crippen LogP contribution in [0.4, 0.5) is 5.69 Å². The lowest BCUT2D eigenvalue weighted by molar-refractivity contribution is -0.147. The normalized spacial score (nSPS) is 30.0. The first-order valence-corrected chi connectivity index (χ1v) is 14.7. The molecule has 3 amide bonds. The van der Waals surface area contributed by atoms with E-state index < -0.39 is 35.6 Å². The van der Waals surface area contributed by atoms with Crippen molar-refractivity contribution < 1.29 is 29.0 Å². The van der Waals surface area contributed by atoms with E-state index in [1.807, 2.05) is 13.8 Å². The molecule has 218 valence electrons. The fraction of sp³-hybridized carbons (Fsp3) is 0.567. The zero-order chi connectivity index (χ0) is 29.4. The lowest BCUT2D eigenvalue weighted by Gasteiger charge is -2.41. The summed E-state index contributed by atoms with van der Waals surface area (Å²) in [5.41, 5.74) is -0.613. The highest BCUT2D eigenvalue weighted by molar-refractivity contribution is 9.09. The number of carbonyl (C=O) groups is 3. The van der Waals surface area contributed by atoms with E-state index in [1.54, 1.807) is 60.4 Å². The topological polar surface area (TPSA) is 99.6 Å². The summed E-state index contributed by atoms with van der Waals surface area (Å²) < 4.78 is 11.9. The number of fused-ring (bicyclic) bond motifs is 1. The van der Waals surface area contributed by atoms with E-state index in [0.29, 0.717) is 30.8 Å². The highest BCUT2D eigenvalue weighted by Crippen LogP contribution is 2.61. The van der Waals surface area contributed by atoms with Crippen molar-refractivity contribution in [3.05, 3.63) is 49.6 Å². The molecule has 0 aliphatic carbocycles. The van der Waals surface area contributed by atoms with Gasteiger partial charge in [0.1, 0.15) is 17.4 Å². The lowest BCUT2D eigenvalue weighted by atomic mass is 9.70. The monoisotopic (exact) mass is 617 g/mol. The highest BCUT2D eigenvalue weighted by atomic mass is 79.9. The molecule has 1 N–H and O–H groups in total. The number of anilines is 1. The summed E-state index contributed by atoms with van der Waals surface area (Å²) in [6.07, 6.45) is 3.79. The fourth-order valence-corrected chi connectivity index (χ4v) is 7.64. The molecule has 10 heteroatoms. The van der Waals surface area contributed by atoms with Crippen LogP contribution < -0.4 is 9.64 Å². The average molecular weight is 619 g/mol. The molecule has 3 unspecified atom stereocenters. The second kappa shape index (κ2) is 12.0. The van der Waals surface area contributed by atoms with Crippen LogP contribution in [0, 0.1) is 17.8 Å². The van der Waals surface area contributed by atoms with E-state index in [0.717, 1.165) is 0 Å². The molecule has 3 fully saturated rings. The van der Waals surface area contributed by atoms with Gasteiger partial charge in [-0.15, -0.1) is 13.2 Å². The van der Waals surface area contributed by atoms with Gasteiger partial charge in [0.15, 0.2) is 0 Å². The van der Waals surface area contributed by atoms with E-state index in [4.69, 9.17) is 9.47 Å². The summed E-state index contributed by atoms with van der Waals surface area (Å²) in [6, 6.07) is 5.45. The summed E-state index contributed by atoms with van der Waals surface area (Å²) in [4.78, 5) is 47.3. The van der Waals surface area contributed by atoms with Crippen molar-refractivity contribution in [1.29, 1.82) is 0 Å². The Labute approximate surface area is 244 Å². The van der Waals surface area contributed by atoms with Crippen molar-refractivity contribution in [2.75, 3.05) is 38.8 Å². The maximum absolute atomic E-state index is 14.7. The molecule has 3 aliphatic heterocycles. The van der Waals surface area contributed by atoms with Gasteiger partial charge in [-0.3, -0.25) is 14.4 Å². The molecular formula is C30H40BrN3O6. The van der Waals surface area contributed by atoms with E-state index in [9.17, 15) is 19.5 Å². The van der Waals surface area contributed by atoms with Gasteiger partial charge in [-0.2, -0.15) is 0 Å². The minimum atomic E-state index is -1.23. The van der Waals surface area contributed by atoms with Crippen LogP contribution in [-0.2, 0) is 19.1 Å². The van der Waals surface area contributed by atoms with Crippen molar-refractivity contribution in [2.45, 2.75) is 55.3 Å². The SMILES string of the molecule is C=CCN(C)C(=O)[C@H]1[C@@H]2OC3(CC2Br)C(C(=O)N(CC=C)c2ccc(OC)cc2)N([C@@H](CO)[C@@H](C)CC)C(=O)[C@H]13. The van der Waals surface area contributed by atoms with E-state index >= 15 is 0 Å². The first kappa shape index (κ1) is 30.3. The summed E-state index contributed by atoms with van der Waals surface area (Å²) in [7, 11) is 3.25. The molecule has 1 aromatic rings. The molecule has 3 saturated heterocycles. The molecule has 9 nitrogen and oxygen atoms in total. The van der Waals surface area contributed by atoms with E-state index in [-0.39, 0.29) is 41.6 Å². The van der Waals surface area contributed by atoms with Gasteiger partial charge in [0, 0.05) is 30.7 Å². The zero-order valence-corrected chi connectivity index (χ0v) is 25.2. The van der Waals surface area contributed by atoms with Crippen LogP contribution in [0.5, 0.6) is 5.75 Å². The second-order valence-electron chi connectivity index (χ2n) is 11.0. The molecule has 4 rings (SSSR count). The van der Waals surface area contributed by atoms with Crippen LogP contribution >= 0.6 is 15.9 Å². The smallest absolute Gasteiger partial charge is 0.253 e. The largest absolute Gasteiger partial charge is 0.497 e. The molecule has 3 heterocycles. The molecule has 8 atom stereocenters. The van der Waals surface area contributed by atoms with Crippen LogP contribution in [0.3, 0.4) is 0 Å². The van der Waals surface area contributed by atoms with E-state index in [1.165, 1.54) is 4.90 Å². The van der Waals surface area contributed by atoms with E-state index in [2.05, 4.69) is 29.1 Å². The van der Waals surface area contributed by atoms with Gasteiger partial charge in [0.25, 0.3) is 5.91 Å². The summed E-state index contributed by atoms with van der Waals surface area (Å²) >= 11 is 3.72. The van der Waals surface area contributed by atoms with Gasteiger partial charge in [-0.25, -0.2) is 0 Å². The third-order valence-electron chi connectivity index (χ3n) is 8.83. The van der Waals surface area contributed by atoms with Crippen LogP contribution in [-0.4, -0.2) is 95.1 Å². The minimum absolute atomic E-state index is 0.0946. The van der Waals surface area contributed by atoms with Crippen LogP contribution in [0.25, 0.3) is 0 Å². The summed E-state index contributed by atoms with van der Waals surface area (Å²) in [5, 5.41) is 10.6. The molecule has 0 radical (unpaired) electrons. The molecule has 2 bridgehead atoms. The van der Waals surface area contributed by atoms with Crippen LogP contribution in [0.15, 0.2) is 49.6 Å². The van der Waals surface area contributed by atoms with Gasteiger partial charge < -0.3 is 29.3 Å². The maximum atomic E-state index is 14.7. The number of halogens is 1. The van der Waals surface area contributed by atoms with Crippen molar-refractivity contribution in [3.63, 3.8) is 0 Å². The van der Waals surface area contributed by atoms with Crippen molar-refractivity contribution >= 4 is 39.3 Å². The molecule has 0 aromatic heterocycles. The van der Waals surface area contributed by atoms with Crippen molar-refractivity contribution in [1.82, 2.24) is 9.80 Å². The maximum Gasteiger partial charge on any atom is 0.253 e. The Morgan fingerprint density at radius 2 is 1.90 bits per heavy atom. The number of hydrogen-bond acceptors (Lipinski definition) is 6. The number of hydrogen-bond donors (Lipinski definition) is 1. The number of likely N-dealkylation sites (N-methyl/N-ethyl adjacent to an activating group) is 1. The third kappa shape index (κ3) is 4.77. The lowest BCUT2D eigenvalue weighted by Crippen LogP contribution is -2.60. The molecule has 3 aliphatic rings. The Morgan fingerprint density at radius 3 is 2.45 bits per heavy atom. The van der Waals surface area contributed by atoms with Gasteiger partial charge >= 0.3 is 0 Å². The Balaban J connectivity index is 1.85. The number of aliphatic hydroxyl groups excluding tert-OH is 1. The number of amides is 3. The number of ether oxygens (including phenoxy) is 2. The van der Waals surface area contributed by atoms with Gasteiger partial charge in [0.2, 0.25) is 11.8 Å². The second-order valence-corrected chi connectivity index (χ2v) is 12.2. The molecule has 0 saturated carbocycles. The number of alkyl halides is 1. The van der Waals surface area contributed by atoms with Crippen molar-refractivity contribution in [2.24, 2.45) is 17.8 Å². The number of rotatable bonds is 12. The minimum Gasteiger partial charge on any atom is -0.497 e. The number of carbonyl (C=O) groups excluding carboxylic acids is 3. The first-order chi connectivity index (χ1) is 19.1. The quantitative estimate of drug-likeness (QED) is 0.286. The molecule has 1 spiro atoms. The first-order valence-electron chi connectivity index (χ1n) is 13.8. The highest BCUT2D eigenvalue weighted by Gasteiger charge is 2.77. The number of benzene rings is 1. The van der Waals surface area contributed by atoms with Gasteiger partial charge in [0.05, 0.1) is 37.7 Å². The standard InChI is InChI=1S/C30H40BrN3O6/c1-7-14-32(5)27(36)23-24-28(37)34(22(17-35)18(4)9-3)26(30(24)16-21(31)25(23)40-30)29(38)33(15-8-2)19-10-12-20(39-6)13-11-19/h7-8,10-13,18,21-26,35H,1-2,9,14-17H2,3-6H3/t18-,21?,22-,23+,24-,25+,26?,30?/m0/s1. The van der Waals surface area contributed by atoms with Gasteiger partial charge in [-0.1, -0.05) is 48.4 Å². The summed E-state index contributed by atoms with van der Waals surface area (Å²) in [6.45, 7) is 11.7. The Morgan fingerprint density at radius 1 is 1.25 bits per heavy atom. The Bertz CT molecular complexity index is 1140. The molecule has 40 heavy (non-hydrogen) atoms. The number of methoxy groups -OCH3 is 1. The Hall–Kier alpha value is -2.69. The van der Waals surface area contributed by atoms with Crippen LogP contribution in [0.1, 0.15) is 26.7 Å². The fourth-order valence-electron chi connectivity index (χ4n) is 6.70. The zero-order valence-electron chi connectivity index (χ0n) is 23.7. The average Bonchev–Trinajstić information content (AvgIpc) is 3.55. The number of nitrogens with zero attached hydrogens (tertiary/aromatic N) is 3.